The van der Waals surface area contributed by atoms with Crippen molar-refractivity contribution in [3.8, 4) is 5.75 Å². The lowest BCUT2D eigenvalue weighted by Crippen LogP contribution is -2.33. The number of nitrogens with zero attached hydrogens (tertiary/aromatic N) is 3. The number of carbonyl (C=O) groups is 1. The molecule has 1 amide bonds. The summed E-state index contributed by atoms with van der Waals surface area (Å²) in [5.41, 5.74) is 0.841. The average molecular weight is 475 g/mol. The third-order valence-electron chi connectivity index (χ3n) is 6.38. The van der Waals surface area contributed by atoms with E-state index < -0.39 is 12.0 Å². The second-order valence-electron chi connectivity index (χ2n) is 8.82. The molecule has 0 unspecified atom stereocenters. The highest BCUT2D eigenvalue weighted by atomic mass is 32.1. The number of aromatic nitrogens is 3. The lowest BCUT2D eigenvalue weighted by molar-refractivity contribution is -0.0387. The van der Waals surface area contributed by atoms with Crippen LogP contribution >= 0.6 is 11.3 Å². The molecule has 3 aromatic rings. The number of aromatic amines is 1. The normalized spacial score (nSPS) is 20.9. The molecular weight excluding hydrogens is 450 g/mol. The van der Waals surface area contributed by atoms with Crippen LogP contribution in [0.3, 0.4) is 0 Å². The molecule has 0 spiro atoms. The number of nitrogens with one attached hydrogen (secondary N) is 1. The Labute approximate surface area is 192 Å². The summed E-state index contributed by atoms with van der Waals surface area (Å²) in [6.07, 6.45) is 1.23. The number of hydrogen-bond acceptors (Lipinski definition) is 6. The summed E-state index contributed by atoms with van der Waals surface area (Å²) in [7, 11) is 0. The Balaban J connectivity index is 1.38. The molecule has 1 N–H and O–H groups in total. The van der Waals surface area contributed by atoms with Gasteiger partial charge in [-0.15, -0.1) is 0 Å². The quantitative estimate of drug-likeness (QED) is 0.555. The first-order valence-electron chi connectivity index (χ1n) is 11.1. The third kappa shape index (κ3) is 4.48. The molecule has 0 radical (unpaired) electrons. The van der Waals surface area contributed by atoms with Gasteiger partial charge in [-0.2, -0.15) is 0 Å². The summed E-state index contributed by atoms with van der Waals surface area (Å²) < 4.78 is 32.6. The van der Waals surface area contributed by atoms with Crippen LogP contribution < -0.4 is 10.3 Å². The van der Waals surface area contributed by atoms with Gasteiger partial charge in [-0.05, 0) is 50.3 Å². The summed E-state index contributed by atoms with van der Waals surface area (Å²) in [4.78, 5) is 39.5. The van der Waals surface area contributed by atoms with E-state index >= 15 is 0 Å². The largest absolute Gasteiger partial charge is 0.415 e. The van der Waals surface area contributed by atoms with Crippen molar-refractivity contribution in [2.75, 3.05) is 6.54 Å². The summed E-state index contributed by atoms with van der Waals surface area (Å²) in [5.74, 6) is -1.91. The number of H-pyrrole nitrogens is 1. The number of rotatable bonds is 3. The van der Waals surface area contributed by atoms with Gasteiger partial charge in [-0.25, -0.2) is 23.5 Å². The number of alkyl halides is 2. The zero-order valence-electron chi connectivity index (χ0n) is 18.1. The maximum Gasteiger partial charge on any atom is 0.415 e. The van der Waals surface area contributed by atoms with Crippen molar-refractivity contribution >= 4 is 27.8 Å². The minimum absolute atomic E-state index is 0.195. The van der Waals surface area contributed by atoms with Crippen LogP contribution in [0.4, 0.5) is 13.6 Å². The highest BCUT2D eigenvalue weighted by Gasteiger charge is 2.37. The van der Waals surface area contributed by atoms with Crippen LogP contribution in [0, 0.1) is 6.92 Å². The van der Waals surface area contributed by atoms with Crippen LogP contribution in [0.25, 0.3) is 10.3 Å². The summed E-state index contributed by atoms with van der Waals surface area (Å²) in [6, 6.07) is 7.00. The standard InChI is InChI=1S/C23H24F2N4O3S/c1-13-4-2-5-15(12-13)32-22(31)29-11-3-6-16(29)20-26-17-19(30)27-18(28-21(17)33-20)14-7-9-23(24,25)10-8-14/h2,4-5,12,14,16H,3,6-11H2,1H3,(H,27,28,30)/t16-/m1/s1. The summed E-state index contributed by atoms with van der Waals surface area (Å²) >= 11 is 1.28. The SMILES string of the molecule is Cc1cccc(OC(=O)N2CCC[C@@H]2c2nc3c(=O)[nH]c(C4CCC(F)(F)CC4)nc3s2)c1. The van der Waals surface area contributed by atoms with Gasteiger partial charge in [0.2, 0.25) is 5.92 Å². The van der Waals surface area contributed by atoms with E-state index in [1.807, 2.05) is 19.1 Å². The highest BCUT2D eigenvalue weighted by Crippen LogP contribution is 2.40. The van der Waals surface area contributed by atoms with Crippen LogP contribution in [0.15, 0.2) is 29.1 Å². The van der Waals surface area contributed by atoms with E-state index in [1.54, 1.807) is 17.0 Å². The van der Waals surface area contributed by atoms with Crippen LogP contribution in [0.5, 0.6) is 5.75 Å². The second-order valence-corrected chi connectivity index (χ2v) is 9.83. The van der Waals surface area contributed by atoms with Crippen molar-refractivity contribution in [3.63, 3.8) is 0 Å². The number of thiazole rings is 1. The smallest absolute Gasteiger partial charge is 0.410 e. The molecule has 1 aromatic carbocycles. The molecule has 1 aliphatic carbocycles. The van der Waals surface area contributed by atoms with Gasteiger partial charge in [-0.1, -0.05) is 23.5 Å². The Morgan fingerprint density at radius 2 is 2.03 bits per heavy atom. The van der Waals surface area contributed by atoms with E-state index in [9.17, 15) is 18.4 Å². The molecule has 0 bridgehead atoms. The Kier molecular flexibility index (Phi) is 5.64. The van der Waals surface area contributed by atoms with Crippen LogP contribution in [-0.2, 0) is 0 Å². The first-order valence-corrected chi connectivity index (χ1v) is 11.9. The number of aryl methyl sites for hydroxylation is 1. The molecule has 1 saturated carbocycles. The predicted molar refractivity (Wildman–Crippen MR) is 120 cm³/mol. The van der Waals surface area contributed by atoms with Crippen molar-refractivity contribution in [1.29, 1.82) is 0 Å². The van der Waals surface area contributed by atoms with E-state index in [1.165, 1.54) is 11.3 Å². The number of fused-ring (bicyclic) bond motifs is 1. The number of likely N-dealkylation sites (tertiary alicyclic amines) is 1. The van der Waals surface area contributed by atoms with Gasteiger partial charge in [0.25, 0.3) is 5.56 Å². The Hall–Kier alpha value is -2.88. The molecule has 1 aliphatic heterocycles. The first-order chi connectivity index (χ1) is 15.8. The maximum atomic E-state index is 13.5. The van der Waals surface area contributed by atoms with Crippen molar-refractivity contribution in [3.05, 3.63) is 51.0 Å². The summed E-state index contributed by atoms with van der Waals surface area (Å²) in [6.45, 7) is 2.46. The fraction of sp³-hybridized carbons (Fsp3) is 0.478. The molecule has 174 valence electrons. The number of amides is 1. The molecule has 1 saturated heterocycles. The van der Waals surface area contributed by atoms with Gasteiger partial charge in [0.05, 0.1) is 6.04 Å². The zero-order valence-corrected chi connectivity index (χ0v) is 19.0. The highest BCUT2D eigenvalue weighted by molar-refractivity contribution is 7.18. The van der Waals surface area contributed by atoms with Gasteiger partial charge in [-0.3, -0.25) is 9.69 Å². The first kappa shape index (κ1) is 21.9. The van der Waals surface area contributed by atoms with Gasteiger partial charge in [0.15, 0.2) is 10.3 Å². The minimum Gasteiger partial charge on any atom is -0.410 e. The van der Waals surface area contributed by atoms with E-state index in [4.69, 9.17) is 4.74 Å². The molecule has 5 rings (SSSR count). The number of halogens is 2. The van der Waals surface area contributed by atoms with Gasteiger partial charge in [0.1, 0.15) is 16.6 Å². The number of hydrogen-bond donors (Lipinski definition) is 1. The lowest BCUT2D eigenvalue weighted by Gasteiger charge is -2.27. The molecule has 2 fully saturated rings. The Morgan fingerprint density at radius 3 is 2.79 bits per heavy atom. The number of benzene rings is 1. The van der Waals surface area contributed by atoms with Crippen LogP contribution in [-0.4, -0.2) is 38.4 Å². The van der Waals surface area contributed by atoms with E-state index in [2.05, 4.69) is 15.0 Å². The van der Waals surface area contributed by atoms with Gasteiger partial charge in [0, 0.05) is 25.3 Å². The van der Waals surface area contributed by atoms with E-state index in [0.717, 1.165) is 12.0 Å². The van der Waals surface area contributed by atoms with Crippen LogP contribution in [0.1, 0.15) is 66.9 Å². The fourth-order valence-electron chi connectivity index (χ4n) is 4.59. The molecule has 2 aliphatic rings. The predicted octanol–water partition coefficient (Wildman–Crippen LogP) is 5.32. The fourth-order valence-corrected chi connectivity index (χ4v) is 5.69. The average Bonchev–Trinajstić information content (AvgIpc) is 3.41. The number of ether oxygens (including phenoxy) is 1. The number of carbonyl (C=O) groups excluding carboxylic acids is 1. The van der Waals surface area contributed by atoms with Gasteiger partial charge >= 0.3 is 6.09 Å². The topological polar surface area (TPSA) is 88.2 Å². The Morgan fingerprint density at radius 1 is 1.24 bits per heavy atom. The van der Waals surface area contributed by atoms with E-state index in [-0.39, 0.29) is 48.7 Å². The molecule has 2 aromatic heterocycles. The molecular formula is C23H24F2N4O3S. The minimum atomic E-state index is -2.64. The molecule has 1 atom stereocenters. The summed E-state index contributed by atoms with van der Waals surface area (Å²) in [5, 5.41) is 0.633. The molecule has 10 heteroatoms. The molecule has 33 heavy (non-hydrogen) atoms. The monoisotopic (exact) mass is 474 g/mol. The van der Waals surface area contributed by atoms with Gasteiger partial charge < -0.3 is 9.72 Å². The lowest BCUT2D eigenvalue weighted by atomic mass is 9.86. The second kappa shape index (κ2) is 8.48. The molecule has 7 nitrogen and oxygen atoms in total. The van der Waals surface area contributed by atoms with Crippen molar-refractivity contribution in [1.82, 2.24) is 19.9 Å². The maximum absolute atomic E-state index is 13.5. The zero-order chi connectivity index (χ0) is 23.2. The van der Waals surface area contributed by atoms with E-state index in [0.29, 0.717) is 34.4 Å². The third-order valence-corrected chi connectivity index (χ3v) is 7.43. The Bertz CT molecular complexity index is 1250. The van der Waals surface area contributed by atoms with Crippen molar-refractivity contribution < 1.29 is 18.3 Å². The van der Waals surface area contributed by atoms with Crippen LogP contribution in [0.2, 0.25) is 0 Å². The van der Waals surface area contributed by atoms with Crippen molar-refractivity contribution in [2.45, 2.75) is 63.3 Å². The van der Waals surface area contributed by atoms with Crippen molar-refractivity contribution in [2.24, 2.45) is 0 Å². The molecule has 3 heterocycles.